The van der Waals surface area contributed by atoms with Crippen LogP contribution in [0, 0.1) is 17.1 Å². The van der Waals surface area contributed by atoms with Crippen molar-refractivity contribution in [3.63, 3.8) is 0 Å². The Kier molecular flexibility index (Phi) is 3.85. The molecule has 2 aromatic rings. The standard InChI is InChI=1S/C17H15FN2O/c18-15-9-12(10-19)5-6-16(15)20-11-17-14-4-2-1-3-13(14)7-8-21-17/h1-6,9,17,20H,7-8,11H2. The molecule has 1 atom stereocenters. The molecule has 1 aliphatic heterocycles. The summed E-state index contributed by atoms with van der Waals surface area (Å²) in [4.78, 5) is 0. The highest BCUT2D eigenvalue weighted by molar-refractivity contribution is 5.49. The van der Waals surface area contributed by atoms with Gasteiger partial charge in [0.25, 0.3) is 0 Å². The predicted octanol–water partition coefficient (Wildman–Crippen LogP) is 3.42. The molecule has 0 aromatic heterocycles. The Morgan fingerprint density at radius 2 is 2.14 bits per heavy atom. The minimum atomic E-state index is -0.418. The number of nitrogens with zero attached hydrogens (tertiary/aromatic N) is 1. The minimum Gasteiger partial charge on any atom is -0.380 e. The van der Waals surface area contributed by atoms with Gasteiger partial charge in [-0.1, -0.05) is 24.3 Å². The van der Waals surface area contributed by atoms with Gasteiger partial charge in [0.05, 0.1) is 30.0 Å². The minimum absolute atomic E-state index is 0.0787. The van der Waals surface area contributed by atoms with Gasteiger partial charge in [0.1, 0.15) is 5.82 Å². The molecule has 2 aromatic carbocycles. The van der Waals surface area contributed by atoms with E-state index in [1.54, 1.807) is 12.1 Å². The molecule has 1 aliphatic rings. The Bertz CT molecular complexity index is 693. The van der Waals surface area contributed by atoms with E-state index < -0.39 is 5.82 Å². The molecule has 1 heterocycles. The number of ether oxygens (including phenoxy) is 1. The van der Waals surface area contributed by atoms with Crippen molar-refractivity contribution >= 4 is 5.69 Å². The average molecular weight is 282 g/mol. The molecule has 106 valence electrons. The van der Waals surface area contributed by atoms with Crippen LogP contribution in [-0.4, -0.2) is 13.2 Å². The van der Waals surface area contributed by atoms with Crippen LogP contribution in [0.2, 0.25) is 0 Å². The summed E-state index contributed by atoms with van der Waals surface area (Å²) in [5.74, 6) is -0.418. The Hall–Kier alpha value is -2.38. The summed E-state index contributed by atoms with van der Waals surface area (Å²) in [6.07, 6.45) is 0.836. The van der Waals surface area contributed by atoms with Gasteiger partial charge in [-0.2, -0.15) is 5.26 Å². The molecule has 0 saturated heterocycles. The maximum Gasteiger partial charge on any atom is 0.147 e. The second-order valence-electron chi connectivity index (χ2n) is 5.00. The second-order valence-corrected chi connectivity index (χ2v) is 5.00. The fourth-order valence-electron chi connectivity index (χ4n) is 2.58. The van der Waals surface area contributed by atoms with Crippen molar-refractivity contribution in [1.29, 1.82) is 5.26 Å². The number of nitrogens with one attached hydrogen (secondary N) is 1. The van der Waals surface area contributed by atoms with Gasteiger partial charge >= 0.3 is 0 Å². The third-order valence-electron chi connectivity index (χ3n) is 3.67. The molecule has 4 heteroatoms. The number of hydrogen-bond donors (Lipinski definition) is 1. The van der Waals surface area contributed by atoms with Crippen molar-refractivity contribution in [3.8, 4) is 6.07 Å². The number of halogens is 1. The molecule has 0 amide bonds. The highest BCUT2D eigenvalue weighted by Gasteiger charge is 2.20. The molecule has 0 bridgehead atoms. The van der Waals surface area contributed by atoms with Crippen LogP contribution >= 0.6 is 0 Å². The van der Waals surface area contributed by atoms with Gasteiger partial charge in [0, 0.05) is 6.54 Å². The molecule has 0 aliphatic carbocycles. The normalized spacial score (nSPS) is 16.9. The first-order valence-electron chi connectivity index (χ1n) is 6.91. The van der Waals surface area contributed by atoms with Gasteiger partial charge in [-0.25, -0.2) is 4.39 Å². The highest BCUT2D eigenvalue weighted by Crippen LogP contribution is 2.27. The topological polar surface area (TPSA) is 45.0 Å². The summed E-state index contributed by atoms with van der Waals surface area (Å²) < 4.78 is 19.6. The van der Waals surface area contributed by atoms with Gasteiger partial charge < -0.3 is 10.1 Å². The quantitative estimate of drug-likeness (QED) is 0.938. The van der Waals surface area contributed by atoms with Gasteiger partial charge in [-0.15, -0.1) is 0 Å². The zero-order valence-electron chi connectivity index (χ0n) is 11.5. The maximum atomic E-state index is 13.8. The average Bonchev–Trinajstić information content (AvgIpc) is 2.53. The Balaban J connectivity index is 1.73. The Morgan fingerprint density at radius 3 is 2.95 bits per heavy atom. The van der Waals surface area contributed by atoms with Gasteiger partial charge in [0.15, 0.2) is 0 Å². The van der Waals surface area contributed by atoms with Crippen LogP contribution in [0.1, 0.15) is 22.8 Å². The first-order chi connectivity index (χ1) is 10.3. The van der Waals surface area contributed by atoms with Crippen LogP contribution < -0.4 is 5.32 Å². The molecule has 3 rings (SSSR count). The number of nitriles is 1. The molecule has 3 nitrogen and oxygen atoms in total. The Morgan fingerprint density at radius 1 is 1.29 bits per heavy atom. The van der Waals surface area contributed by atoms with E-state index in [1.807, 2.05) is 18.2 Å². The number of hydrogen-bond acceptors (Lipinski definition) is 3. The van der Waals surface area contributed by atoms with Crippen molar-refractivity contribution in [2.75, 3.05) is 18.5 Å². The van der Waals surface area contributed by atoms with E-state index in [0.29, 0.717) is 24.4 Å². The lowest BCUT2D eigenvalue weighted by atomic mass is 9.97. The van der Waals surface area contributed by atoms with E-state index in [9.17, 15) is 4.39 Å². The van der Waals surface area contributed by atoms with E-state index in [1.165, 1.54) is 11.6 Å². The number of rotatable bonds is 3. The fraction of sp³-hybridized carbons (Fsp3) is 0.235. The van der Waals surface area contributed by atoms with E-state index in [-0.39, 0.29) is 6.10 Å². The molecular formula is C17H15FN2O. The van der Waals surface area contributed by atoms with Gasteiger partial charge in [-0.05, 0) is 35.7 Å². The SMILES string of the molecule is N#Cc1ccc(NCC2OCCc3ccccc32)c(F)c1. The third-order valence-corrected chi connectivity index (χ3v) is 3.67. The molecule has 0 spiro atoms. The van der Waals surface area contributed by atoms with E-state index in [4.69, 9.17) is 10.00 Å². The van der Waals surface area contributed by atoms with Gasteiger partial charge in [0.2, 0.25) is 0 Å². The molecule has 0 saturated carbocycles. The Labute approximate surface area is 123 Å². The third kappa shape index (κ3) is 2.88. The lowest BCUT2D eigenvalue weighted by Crippen LogP contribution is -2.23. The molecule has 1 N–H and O–H groups in total. The van der Waals surface area contributed by atoms with Crippen LogP contribution in [0.15, 0.2) is 42.5 Å². The zero-order chi connectivity index (χ0) is 14.7. The molecule has 21 heavy (non-hydrogen) atoms. The van der Waals surface area contributed by atoms with E-state index >= 15 is 0 Å². The van der Waals surface area contributed by atoms with Crippen LogP contribution in [0.5, 0.6) is 0 Å². The maximum absolute atomic E-state index is 13.8. The summed E-state index contributed by atoms with van der Waals surface area (Å²) in [6, 6.07) is 14.5. The fourth-order valence-corrected chi connectivity index (χ4v) is 2.58. The van der Waals surface area contributed by atoms with Crippen molar-refractivity contribution in [3.05, 3.63) is 65.0 Å². The monoisotopic (exact) mass is 282 g/mol. The van der Waals surface area contributed by atoms with Crippen molar-refractivity contribution in [2.24, 2.45) is 0 Å². The lowest BCUT2D eigenvalue weighted by Gasteiger charge is -2.26. The molecule has 1 unspecified atom stereocenters. The predicted molar refractivity (Wildman–Crippen MR) is 78.4 cm³/mol. The second kappa shape index (κ2) is 5.94. The number of fused-ring (bicyclic) bond motifs is 1. The van der Waals surface area contributed by atoms with Crippen molar-refractivity contribution < 1.29 is 9.13 Å². The first kappa shape index (κ1) is 13.6. The van der Waals surface area contributed by atoms with Gasteiger partial charge in [-0.3, -0.25) is 0 Å². The summed E-state index contributed by atoms with van der Waals surface area (Å²) in [7, 11) is 0. The van der Waals surface area contributed by atoms with Crippen LogP contribution in [0.3, 0.4) is 0 Å². The summed E-state index contributed by atoms with van der Waals surface area (Å²) in [6.45, 7) is 1.18. The van der Waals surface area contributed by atoms with Crippen molar-refractivity contribution in [1.82, 2.24) is 0 Å². The molecule has 0 radical (unpaired) electrons. The van der Waals surface area contributed by atoms with E-state index in [0.717, 1.165) is 12.0 Å². The van der Waals surface area contributed by atoms with Crippen LogP contribution in [0.4, 0.5) is 10.1 Å². The first-order valence-corrected chi connectivity index (χ1v) is 6.91. The summed E-state index contributed by atoms with van der Waals surface area (Å²) in [5, 5.41) is 11.8. The number of benzene rings is 2. The largest absolute Gasteiger partial charge is 0.380 e. The smallest absolute Gasteiger partial charge is 0.147 e. The summed E-state index contributed by atoms with van der Waals surface area (Å²) >= 11 is 0. The lowest BCUT2D eigenvalue weighted by molar-refractivity contribution is 0.0513. The summed E-state index contributed by atoms with van der Waals surface area (Å²) in [5.41, 5.74) is 3.15. The van der Waals surface area contributed by atoms with Crippen LogP contribution in [0.25, 0.3) is 0 Å². The number of anilines is 1. The van der Waals surface area contributed by atoms with Crippen molar-refractivity contribution in [2.45, 2.75) is 12.5 Å². The van der Waals surface area contributed by atoms with Crippen LogP contribution in [-0.2, 0) is 11.2 Å². The molecule has 0 fully saturated rings. The highest BCUT2D eigenvalue weighted by atomic mass is 19.1. The zero-order valence-corrected chi connectivity index (χ0v) is 11.5. The molecular weight excluding hydrogens is 267 g/mol. The van der Waals surface area contributed by atoms with E-state index in [2.05, 4.69) is 17.4 Å².